The van der Waals surface area contributed by atoms with Crippen LogP contribution in [0.4, 0.5) is 0 Å². The molecule has 2 heterocycles. The Labute approximate surface area is 88.1 Å². The lowest BCUT2D eigenvalue weighted by molar-refractivity contribution is 0.141. The summed E-state index contributed by atoms with van der Waals surface area (Å²) in [6.07, 6.45) is 8.42. The Morgan fingerprint density at radius 1 is 1.21 bits per heavy atom. The minimum Gasteiger partial charge on any atom is -0.317 e. The highest BCUT2D eigenvalue weighted by atomic mass is 15.2. The number of nitrogens with one attached hydrogen (secondary N) is 1. The van der Waals surface area contributed by atoms with Gasteiger partial charge in [0.1, 0.15) is 0 Å². The van der Waals surface area contributed by atoms with E-state index in [4.69, 9.17) is 0 Å². The summed E-state index contributed by atoms with van der Waals surface area (Å²) in [6.45, 7) is 6.16. The van der Waals surface area contributed by atoms with Crippen molar-refractivity contribution in [3.8, 4) is 0 Å². The summed E-state index contributed by atoms with van der Waals surface area (Å²) in [7, 11) is 0. The number of nitrogens with zero attached hydrogens (tertiary/aromatic N) is 1. The molecule has 0 unspecified atom stereocenters. The molecule has 2 nitrogen and oxygen atoms in total. The zero-order chi connectivity index (χ0) is 9.80. The first kappa shape index (κ1) is 10.4. The van der Waals surface area contributed by atoms with E-state index < -0.39 is 0 Å². The fourth-order valence-corrected chi connectivity index (χ4v) is 3.12. The molecule has 2 saturated heterocycles. The molecule has 0 bridgehead atoms. The van der Waals surface area contributed by atoms with E-state index in [1.165, 1.54) is 58.2 Å². The molecule has 2 aliphatic rings. The van der Waals surface area contributed by atoms with Crippen molar-refractivity contribution in [1.82, 2.24) is 10.2 Å². The Morgan fingerprint density at radius 3 is 2.71 bits per heavy atom. The summed E-state index contributed by atoms with van der Waals surface area (Å²) < 4.78 is 0. The molecule has 0 aromatic carbocycles. The van der Waals surface area contributed by atoms with E-state index in [-0.39, 0.29) is 0 Å². The second kappa shape index (κ2) is 5.13. The van der Waals surface area contributed by atoms with Crippen LogP contribution in [0.1, 0.15) is 45.4 Å². The predicted molar refractivity (Wildman–Crippen MR) is 60.5 cm³/mol. The number of piperidine rings is 1. The Kier molecular flexibility index (Phi) is 3.82. The average Bonchev–Trinajstić information content (AvgIpc) is 2.68. The second-order valence-electron chi connectivity index (χ2n) is 4.80. The van der Waals surface area contributed by atoms with Crippen molar-refractivity contribution < 1.29 is 0 Å². The van der Waals surface area contributed by atoms with Crippen molar-refractivity contribution in [2.24, 2.45) is 0 Å². The Balaban J connectivity index is 1.87. The van der Waals surface area contributed by atoms with E-state index in [2.05, 4.69) is 17.1 Å². The fraction of sp³-hybridized carbons (Fsp3) is 1.00. The number of hydrogen-bond acceptors (Lipinski definition) is 2. The first-order chi connectivity index (χ1) is 6.92. The third-order valence-corrected chi connectivity index (χ3v) is 3.82. The van der Waals surface area contributed by atoms with Gasteiger partial charge in [0.2, 0.25) is 0 Å². The maximum atomic E-state index is 3.46. The van der Waals surface area contributed by atoms with Crippen molar-refractivity contribution in [3.63, 3.8) is 0 Å². The van der Waals surface area contributed by atoms with Gasteiger partial charge in [-0.2, -0.15) is 0 Å². The van der Waals surface area contributed by atoms with Gasteiger partial charge in [-0.15, -0.1) is 0 Å². The van der Waals surface area contributed by atoms with Crippen LogP contribution in [-0.2, 0) is 0 Å². The van der Waals surface area contributed by atoms with Gasteiger partial charge in [-0.1, -0.05) is 13.3 Å². The summed E-state index contributed by atoms with van der Waals surface area (Å²) in [4.78, 5) is 2.81. The fourth-order valence-electron chi connectivity index (χ4n) is 3.12. The molecule has 2 rings (SSSR count). The molecule has 0 saturated carbocycles. The highest BCUT2D eigenvalue weighted by Gasteiger charge is 2.30. The van der Waals surface area contributed by atoms with Crippen LogP contribution in [-0.4, -0.2) is 36.6 Å². The summed E-state index contributed by atoms with van der Waals surface area (Å²) >= 11 is 0. The largest absolute Gasteiger partial charge is 0.317 e. The Morgan fingerprint density at radius 2 is 2.00 bits per heavy atom. The quantitative estimate of drug-likeness (QED) is 0.743. The van der Waals surface area contributed by atoms with Crippen LogP contribution in [0.5, 0.6) is 0 Å². The van der Waals surface area contributed by atoms with Gasteiger partial charge in [-0.05, 0) is 51.7 Å². The van der Waals surface area contributed by atoms with Gasteiger partial charge >= 0.3 is 0 Å². The van der Waals surface area contributed by atoms with Crippen molar-refractivity contribution in [2.75, 3.05) is 19.6 Å². The van der Waals surface area contributed by atoms with Gasteiger partial charge in [-0.25, -0.2) is 0 Å². The minimum absolute atomic E-state index is 0.898. The Hall–Kier alpha value is -0.0800. The van der Waals surface area contributed by atoms with Crippen LogP contribution in [0.25, 0.3) is 0 Å². The molecule has 0 aromatic rings. The number of likely N-dealkylation sites (tertiary alicyclic amines) is 1. The molecule has 0 aliphatic carbocycles. The first-order valence-electron chi connectivity index (χ1n) is 6.38. The van der Waals surface area contributed by atoms with E-state index in [9.17, 15) is 0 Å². The topological polar surface area (TPSA) is 15.3 Å². The minimum atomic E-state index is 0.898. The monoisotopic (exact) mass is 196 g/mol. The number of hydrogen-bond donors (Lipinski definition) is 1. The molecule has 2 aliphatic heterocycles. The molecule has 0 amide bonds. The predicted octanol–water partition coefficient (Wildman–Crippen LogP) is 2.00. The van der Waals surface area contributed by atoms with E-state index in [0.717, 1.165) is 12.1 Å². The van der Waals surface area contributed by atoms with Crippen LogP contribution in [0.2, 0.25) is 0 Å². The van der Waals surface area contributed by atoms with Crippen molar-refractivity contribution in [1.29, 1.82) is 0 Å². The zero-order valence-corrected chi connectivity index (χ0v) is 9.47. The van der Waals surface area contributed by atoms with Crippen molar-refractivity contribution in [3.05, 3.63) is 0 Å². The van der Waals surface area contributed by atoms with E-state index in [1.54, 1.807) is 0 Å². The molecule has 1 atom stereocenters. The summed E-state index contributed by atoms with van der Waals surface area (Å²) in [5.41, 5.74) is 0. The van der Waals surface area contributed by atoms with Crippen molar-refractivity contribution in [2.45, 2.75) is 57.5 Å². The summed E-state index contributed by atoms with van der Waals surface area (Å²) in [6, 6.07) is 1.82. The first-order valence-corrected chi connectivity index (χ1v) is 6.38. The molecule has 2 fully saturated rings. The third kappa shape index (κ3) is 2.29. The van der Waals surface area contributed by atoms with Crippen LogP contribution in [0, 0.1) is 0 Å². The molecular formula is C12H24N2. The summed E-state index contributed by atoms with van der Waals surface area (Å²) in [5.74, 6) is 0. The lowest BCUT2D eigenvalue weighted by Crippen LogP contribution is -2.45. The second-order valence-corrected chi connectivity index (χ2v) is 4.80. The third-order valence-electron chi connectivity index (χ3n) is 3.82. The molecule has 14 heavy (non-hydrogen) atoms. The molecular weight excluding hydrogens is 172 g/mol. The Bertz CT molecular complexity index is 164. The smallest absolute Gasteiger partial charge is 0.0122 e. The molecule has 1 N–H and O–H groups in total. The standard InChI is InChI=1S/C12H24N2/c1-2-4-11-5-3-10-14(11)12-6-8-13-9-7-12/h11-13H,2-10H2,1H3/t11-/m0/s1. The highest BCUT2D eigenvalue weighted by molar-refractivity contribution is 4.86. The van der Waals surface area contributed by atoms with Gasteiger partial charge in [0.25, 0.3) is 0 Å². The summed E-state index contributed by atoms with van der Waals surface area (Å²) in [5, 5.41) is 3.46. The van der Waals surface area contributed by atoms with Gasteiger partial charge in [0.15, 0.2) is 0 Å². The van der Waals surface area contributed by atoms with E-state index >= 15 is 0 Å². The van der Waals surface area contributed by atoms with Gasteiger partial charge < -0.3 is 5.32 Å². The van der Waals surface area contributed by atoms with Crippen LogP contribution >= 0.6 is 0 Å². The highest BCUT2D eigenvalue weighted by Crippen LogP contribution is 2.26. The lowest BCUT2D eigenvalue weighted by Gasteiger charge is -2.35. The average molecular weight is 196 g/mol. The van der Waals surface area contributed by atoms with Gasteiger partial charge in [0.05, 0.1) is 0 Å². The maximum absolute atomic E-state index is 3.46. The molecule has 0 radical (unpaired) electrons. The normalized spacial score (nSPS) is 31.1. The van der Waals surface area contributed by atoms with Crippen LogP contribution in [0.15, 0.2) is 0 Å². The van der Waals surface area contributed by atoms with E-state index in [1.807, 2.05) is 0 Å². The van der Waals surface area contributed by atoms with Gasteiger partial charge in [0, 0.05) is 12.1 Å². The van der Waals surface area contributed by atoms with Crippen molar-refractivity contribution >= 4 is 0 Å². The van der Waals surface area contributed by atoms with Crippen LogP contribution in [0.3, 0.4) is 0 Å². The molecule has 0 aromatic heterocycles. The van der Waals surface area contributed by atoms with Crippen LogP contribution < -0.4 is 5.32 Å². The molecule has 2 heteroatoms. The molecule has 82 valence electrons. The SMILES string of the molecule is CCC[C@H]1CCCN1C1CCNCC1. The molecule has 0 spiro atoms. The van der Waals surface area contributed by atoms with E-state index in [0.29, 0.717) is 0 Å². The lowest BCUT2D eigenvalue weighted by atomic mass is 10.0. The van der Waals surface area contributed by atoms with Gasteiger partial charge in [-0.3, -0.25) is 4.90 Å². The maximum Gasteiger partial charge on any atom is 0.0122 e. The number of rotatable bonds is 3. The zero-order valence-electron chi connectivity index (χ0n) is 9.47.